The Balaban J connectivity index is 0.000000561. The van der Waals surface area contributed by atoms with Gasteiger partial charge in [0.2, 0.25) is 0 Å². The van der Waals surface area contributed by atoms with E-state index in [9.17, 15) is 4.79 Å². The predicted octanol–water partition coefficient (Wildman–Crippen LogP) is 1.94. The molecule has 1 aliphatic heterocycles. The van der Waals surface area contributed by atoms with Gasteiger partial charge in [0.25, 0.3) is 0 Å². The van der Waals surface area contributed by atoms with Crippen molar-refractivity contribution >= 4 is 6.29 Å². The van der Waals surface area contributed by atoms with Gasteiger partial charge in [0, 0.05) is 5.92 Å². The molecule has 1 heterocycles. The van der Waals surface area contributed by atoms with Crippen LogP contribution in [0.1, 0.15) is 33.6 Å². The van der Waals surface area contributed by atoms with Crippen LogP contribution in [0.2, 0.25) is 0 Å². The molecule has 0 aromatic carbocycles. The van der Waals surface area contributed by atoms with Crippen molar-refractivity contribution in [2.24, 2.45) is 5.92 Å². The summed E-state index contributed by atoms with van der Waals surface area (Å²) >= 11 is 0. The summed E-state index contributed by atoms with van der Waals surface area (Å²) in [5.74, 6) is 0.350. The zero-order chi connectivity index (χ0) is 9.40. The maximum absolute atomic E-state index is 10.3. The molecule has 0 aromatic rings. The van der Waals surface area contributed by atoms with Gasteiger partial charge in [-0.2, -0.15) is 0 Å². The van der Waals surface area contributed by atoms with E-state index in [1.807, 2.05) is 13.8 Å². The summed E-state index contributed by atoms with van der Waals surface area (Å²) in [4.78, 5) is 12.7. The summed E-state index contributed by atoms with van der Waals surface area (Å²) < 4.78 is 0. The lowest BCUT2D eigenvalue weighted by Gasteiger charge is -2.27. The maximum atomic E-state index is 10.3. The largest absolute Gasteiger partial charge is 0.304 e. The first kappa shape index (κ1) is 11.6. The number of aldehydes is 1. The second-order valence-corrected chi connectivity index (χ2v) is 2.91. The highest BCUT2D eigenvalue weighted by atomic mass is 16.1. The fourth-order valence-electron chi connectivity index (χ4n) is 1.41. The monoisotopic (exact) mass is 171 g/mol. The van der Waals surface area contributed by atoms with Gasteiger partial charge in [-0.05, 0) is 32.5 Å². The molecule has 0 saturated carbocycles. The number of piperidine rings is 1. The molecule has 1 fully saturated rings. The second-order valence-electron chi connectivity index (χ2n) is 2.91. The van der Waals surface area contributed by atoms with Crippen LogP contribution >= 0.6 is 0 Å². The number of rotatable bonds is 2. The Bertz CT molecular complexity index is 106. The van der Waals surface area contributed by atoms with Gasteiger partial charge in [-0.3, -0.25) is 0 Å². The fraction of sp³-hybridized carbons (Fsp3) is 0.900. The number of likely N-dealkylation sites (tertiary alicyclic amines) is 1. The van der Waals surface area contributed by atoms with Crippen LogP contribution in [0.15, 0.2) is 0 Å². The van der Waals surface area contributed by atoms with Crippen LogP contribution in [-0.4, -0.2) is 30.8 Å². The molecule has 1 rings (SSSR count). The predicted molar refractivity (Wildman–Crippen MR) is 52.3 cm³/mol. The SMILES string of the molecule is CC.CCN1CCC(C=O)CC1. The minimum Gasteiger partial charge on any atom is -0.304 e. The van der Waals surface area contributed by atoms with Crippen molar-refractivity contribution in [3.63, 3.8) is 0 Å². The molecule has 0 bridgehead atoms. The van der Waals surface area contributed by atoms with Crippen LogP contribution < -0.4 is 0 Å². The molecular formula is C10H21NO. The van der Waals surface area contributed by atoms with Crippen molar-refractivity contribution in [3.8, 4) is 0 Å². The van der Waals surface area contributed by atoms with E-state index in [4.69, 9.17) is 0 Å². The number of hydrogen-bond donors (Lipinski definition) is 0. The van der Waals surface area contributed by atoms with Crippen LogP contribution in [-0.2, 0) is 4.79 Å². The van der Waals surface area contributed by atoms with Crippen molar-refractivity contribution < 1.29 is 4.79 Å². The van der Waals surface area contributed by atoms with Crippen LogP contribution in [0.3, 0.4) is 0 Å². The van der Waals surface area contributed by atoms with E-state index < -0.39 is 0 Å². The third-order valence-electron chi connectivity index (χ3n) is 2.27. The zero-order valence-electron chi connectivity index (χ0n) is 8.55. The van der Waals surface area contributed by atoms with Gasteiger partial charge in [0.05, 0.1) is 0 Å². The van der Waals surface area contributed by atoms with Gasteiger partial charge in [-0.1, -0.05) is 20.8 Å². The summed E-state index contributed by atoms with van der Waals surface area (Å²) in [6, 6.07) is 0. The normalized spacial score (nSPS) is 19.6. The fourth-order valence-corrected chi connectivity index (χ4v) is 1.41. The highest BCUT2D eigenvalue weighted by molar-refractivity contribution is 5.53. The van der Waals surface area contributed by atoms with E-state index in [0.29, 0.717) is 5.92 Å². The first-order valence-corrected chi connectivity index (χ1v) is 5.04. The van der Waals surface area contributed by atoms with Gasteiger partial charge in [-0.25, -0.2) is 0 Å². The van der Waals surface area contributed by atoms with Gasteiger partial charge in [-0.15, -0.1) is 0 Å². The highest BCUT2D eigenvalue weighted by Crippen LogP contribution is 2.13. The van der Waals surface area contributed by atoms with Crippen LogP contribution in [0.25, 0.3) is 0 Å². The second kappa shape index (κ2) is 7.29. The average Bonchev–Trinajstić information content (AvgIpc) is 2.21. The lowest BCUT2D eigenvalue weighted by Crippen LogP contribution is -2.33. The van der Waals surface area contributed by atoms with Gasteiger partial charge < -0.3 is 9.69 Å². The number of nitrogens with zero attached hydrogens (tertiary/aromatic N) is 1. The Hall–Kier alpha value is -0.370. The third kappa shape index (κ3) is 3.86. The lowest BCUT2D eigenvalue weighted by molar-refractivity contribution is -0.112. The van der Waals surface area contributed by atoms with Crippen molar-refractivity contribution in [2.45, 2.75) is 33.6 Å². The molecule has 0 N–H and O–H groups in total. The minimum atomic E-state index is 0.350. The first-order valence-electron chi connectivity index (χ1n) is 5.04. The molecule has 0 atom stereocenters. The summed E-state index contributed by atoms with van der Waals surface area (Å²) in [5, 5.41) is 0. The molecule has 12 heavy (non-hydrogen) atoms. The Kier molecular flexibility index (Phi) is 7.06. The maximum Gasteiger partial charge on any atom is 0.123 e. The number of hydrogen-bond acceptors (Lipinski definition) is 2. The van der Waals surface area contributed by atoms with E-state index in [2.05, 4.69) is 11.8 Å². The van der Waals surface area contributed by atoms with Crippen molar-refractivity contribution in [2.75, 3.05) is 19.6 Å². The van der Waals surface area contributed by atoms with Crippen LogP contribution in [0, 0.1) is 5.92 Å². The van der Waals surface area contributed by atoms with Crippen LogP contribution in [0.5, 0.6) is 0 Å². The van der Waals surface area contributed by atoms with Gasteiger partial charge in [0.1, 0.15) is 6.29 Å². The van der Waals surface area contributed by atoms with Gasteiger partial charge in [0.15, 0.2) is 0 Å². The van der Waals surface area contributed by atoms with Crippen molar-refractivity contribution in [1.29, 1.82) is 0 Å². The summed E-state index contributed by atoms with van der Waals surface area (Å²) in [5.41, 5.74) is 0. The molecule has 2 heteroatoms. The summed E-state index contributed by atoms with van der Waals surface area (Å²) in [7, 11) is 0. The average molecular weight is 171 g/mol. The van der Waals surface area contributed by atoms with E-state index in [1.165, 1.54) is 0 Å². The molecule has 2 nitrogen and oxygen atoms in total. The summed E-state index contributed by atoms with van der Waals surface area (Å²) in [6.45, 7) is 9.52. The first-order chi connectivity index (χ1) is 5.86. The number of carbonyl (C=O) groups is 1. The topological polar surface area (TPSA) is 20.3 Å². The van der Waals surface area contributed by atoms with E-state index in [1.54, 1.807) is 0 Å². The van der Waals surface area contributed by atoms with E-state index in [-0.39, 0.29) is 0 Å². The third-order valence-corrected chi connectivity index (χ3v) is 2.27. The Morgan fingerprint density at radius 1 is 1.33 bits per heavy atom. The van der Waals surface area contributed by atoms with Crippen molar-refractivity contribution in [1.82, 2.24) is 4.90 Å². The molecular weight excluding hydrogens is 150 g/mol. The van der Waals surface area contributed by atoms with Crippen molar-refractivity contribution in [3.05, 3.63) is 0 Å². The quantitative estimate of drug-likeness (QED) is 0.592. The number of carbonyl (C=O) groups excluding carboxylic acids is 1. The van der Waals surface area contributed by atoms with Gasteiger partial charge >= 0.3 is 0 Å². The Labute approximate surface area is 75.9 Å². The molecule has 1 aliphatic rings. The zero-order valence-corrected chi connectivity index (χ0v) is 8.55. The Morgan fingerprint density at radius 2 is 1.83 bits per heavy atom. The van der Waals surface area contributed by atoms with E-state index >= 15 is 0 Å². The molecule has 0 unspecified atom stereocenters. The molecule has 72 valence electrons. The van der Waals surface area contributed by atoms with Crippen LogP contribution in [0.4, 0.5) is 0 Å². The molecule has 0 amide bonds. The smallest absolute Gasteiger partial charge is 0.123 e. The Morgan fingerprint density at radius 3 is 2.17 bits per heavy atom. The van der Waals surface area contributed by atoms with E-state index in [0.717, 1.165) is 38.8 Å². The highest BCUT2D eigenvalue weighted by Gasteiger charge is 2.16. The summed E-state index contributed by atoms with van der Waals surface area (Å²) in [6.07, 6.45) is 3.24. The molecule has 0 aromatic heterocycles. The molecule has 0 spiro atoms. The standard InChI is InChI=1S/C8H15NO.C2H6/c1-2-9-5-3-8(7-10)4-6-9;1-2/h7-8H,2-6H2,1H3;1-2H3. The minimum absolute atomic E-state index is 0.350. The molecule has 1 saturated heterocycles. The lowest BCUT2D eigenvalue weighted by atomic mass is 9.99. The molecule has 0 radical (unpaired) electrons. The molecule has 0 aliphatic carbocycles.